The van der Waals surface area contributed by atoms with Gasteiger partial charge in [0, 0.05) is 7.05 Å². The summed E-state index contributed by atoms with van der Waals surface area (Å²) in [6.45, 7) is 11.8. The Morgan fingerprint density at radius 1 is 1.34 bits per heavy atom. The molecule has 0 N–H and O–H groups in total. The van der Waals surface area contributed by atoms with Crippen LogP contribution < -0.4 is 5.76 Å². The predicted molar refractivity (Wildman–Crippen MR) is 122 cm³/mol. The molecule has 4 rings (SSSR count). The van der Waals surface area contributed by atoms with Crippen LogP contribution in [0.2, 0.25) is 19.6 Å². The Hall–Kier alpha value is -2.91. The first-order valence-corrected chi connectivity index (χ1v) is 14.1. The molecule has 1 unspecified atom stereocenters. The lowest BCUT2D eigenvalue weighted by atomic mass is 9.82. The normalized spacial score (nSPS) is 21.5. The molecule has 9 heteroatoms. The van der Waals surface area contributed by atoms with Crippen molar-refractivity contribution in [2.75, 3.05) is 6.61 Å². The molecule has 3 heterocycles. The van der Waals surface area contributed by atoms with E-state index in [1.807, 2.05) is 13.0 Å². The van der Waals surface area contributed by atoms with E-state index in [0.29, 0.717) is 17.5 Å². The molecule has 2 aliphatic heterocycles. The predicted octanol–water partition coefficient (Wildman–Crippen LogP) is 3.04. The van der Waals surface area contributed by atoms with Crippen molar-refractivity contribution in [3.8, 4) is 0 Å². The smallest absolute Gasteiger partial charge is 0.419 e. The van der Waals surface area contributed by atoms with Crippen molar-refractivity contribution < 1.29 is 23.2 Å². The molecular formula is C23H28N2O6Si. The van der Waals surface area contributed by atoms with Crippen molar-refractivity contribution in [1.82, 2.24) is 9.47 Å². The molecule has 0 aliphatic carbocycles. The number of fused-ring (bicyclic) bond motifs is 2. The van der Waals surface area contributed by atoms with E-state index in [-0.39, 0.29) is 36.3 Å². The van der Waals surface area contributed by atoms with Crippen molar-refractivity contribution in [1.29, 1.82) is 0 Å². The number of β-lactam (4-membered cyclic amide) rings is 1. The van der Waals surface area contributed by atoms with Crippen LogP contribution in [0.1, 0.15) is 18.9 Å². The molecule has 0 bridgehead atoms. The number of benzene rings is 1. The van der Waals surface area contributed by atoms with Crippen molar-refractivity contribution in [3.05, 3.63) is 52.7 Å². The summed E-state index contributed by atoms with van der Waals surface area (Å²) in [5, 5.41) is 0. The summed E-state index contributed by atoms with van der Waals surface area (Å²) in [7, 11) is -0.213. The molecule has 2 aliphatic rings. The number of hydrogen-bond donors (Lipinski definition) is 0. The van der Waals surface area contributed by atoms with Crippen LogP contribution in [-0.4, -0.2) is 48.4 Å². The van der Waals surface area contributed by atoms with Crippen molar-refractivity contribution in [3.63, 3.8) is 0 Å². The van der Waals surface area contributed by atoms with Gasteiger partial charge >= 0.3 is 11.7 Å². The lowest BCUT2D eigenvalue weighted by Crippen LogP contribution is -2.63. The Morgan fingerprint density at radius 2 is 2.06 bits per heavy atom. The highest BCUT2D eigenvalue weighted by Gasteiger charge is 2.57. The lowest BCUT2D eigenvalue weighted by Gasteiger charge is -2.47. The summed E-state index contributed by atoms with van der Waals surface area (Å²) in [5.41, 5.74) is 2.80. The number of ether oxygens (including phenoxy) is 1. The first-order chi connectivity index (χ1) is 15.0. The summed E-state index contributed by atoms with van der Waals surface area (Å²) in [6.07, 6.45) is 1.76. The number of nitrogens with zero attached hydrogens (tertiary/aromatic N) is 2. The Labute approximate surface area is 187 Å². The Bertz CT molecular complexity index is 1200. The molecular weight excluding hydrogens is 428 g/mol. The van der Waals surface area contributed by atoms with E-state index in [2.05, 4.69) is 26.2 Å². The van der Waals surface area contributed by atoms with Crippen molar-refractivity contribution in [2.24, 2.45) is 13.0 Å². The van der Waals surface area contributed by atoms with E-state index in [4.69, 9.17) is 13.6 Å². The van der Waals surface area contributed by atoms with E-state index in [9.17, 15) is 14.4 Å². The summed E-state index contributed by atoms with van der Waals surface area (Å²) < 4.78 is 18.1. The first-order valence-electron chi connectivity index (χ1n) is 10.7. The molecule has 1 fully saturated rings. The first kappa shape index (κ1) is 22.3. The minimum Gasteiger partial charge on any atom is -0.457 e. The number of amides is 1. The maximum absolute atomic E-state index is 13.1. The van der Waals surface area contributed by atoms with Crippen LogP contribution in [0.25, 0.3) is 16.7 Å². The molecule has 32 heavy (non-hydrogen) atoms. The average Bonchev–Trinajstić information content (AvgIpc) is 3.19. The molecule has 1 amide bonds. The number of rotatable bonds is 7. The number of aryl methyl sites for hydroxylation is 1. The fourth-order valence-corrected chi connectivity index (χ4v) is 5.91. The number of carbonyl (C=O) groups is 2. The minimum absolute atomic E-state index is 0.0517. The number of oxazole rings is 1. The Morgan fingerprint density at radius 3 is 2.72 bits per heavy atom. The van der Waals surface area contributed by atoms with Crippen LogP contribution in [0, 0.1) is 5.92 Å². The van der Waals surface area contributed by atoms with Gasteiger partial charge in [-0.2, -0.15) is 0 Å². The van der Waals surface area contributed by atoms with E-state index in [0.717, 1.165) is 11.1 Å². The third kappa shape index (κ3) is 3.65. The fraction of sp³-hybridized carbons (Fsp3) is 0.435. The third-order valence-corrected chi connectivity index (χ3v) is 7.00. The second-order valence-corrected chi connectivity index (χ2v) is 13.7. The molecule has 8 nitrogen and oxygen atoms in total. The van der Waals surface area contributed by atoms with Gasteiger partial charge in [0.2, 0.25) is 5.91 Å². The molecule has 1 aromatic heterocycles. The standard InChI is InChI=1S/C23H28N2O6Si/c1-7-10-29-22(27)20-15(14-8-9-18-16(11-14)24(3)23(28)30-18)12-17-19(21(26)25(17)20)13(2)31-32(4,5)6/h7-9,11,13,17,19H,1,10,12H2,2-6H3/t13-,17?,19-/m1/s1. The maximum Gasteiger partial charge on any atom is 0.419 e. The fourth-order valence-electron chi connectivity index (χ4n) is 4.65. The second-order valence-electron chi connectivity index (χ2n) is 9.26. The van der Waals surface area contributed by atoms with E-state index in [1.54, 1.807) is 24.1 Å². The lowest BCUT2D eigenvalue weighted by molar-refractivity contribution is -0.161. The summed E-state index contributed by atoms with van der Waals surface area (Å²) in [6, 6.07) is 5.15. The topological polar surface area (TPSA) is 91.0 Å². The van der Waals surface area contributed by atoms with Crippen molar-refractivity contribution >= 4 is 36.9 Å². The number of aromatic nitrogens is 1. The summed E-state index contributed by atoms with van der Waals surface area (Å²) >= 11 is 0. The highest BCUT2D eigenvalue weighted by Crippen LogP contribution is 2.48. The quantitative estimate of drug-likeness (QED) is 0.275. The molecule has 3 atom stereocenters. The van der Waals surface area contributed by atoms with Gasteiger partial charge in [-0.15, -0.1) is 0 Å². The van der Waals surface area contributed by atoms with Gasteiger partial charge in [-0.25, -0.2) is 9.59 Å². The monoisotopic (exact) mass is 456 g/mol. The maximum atomic E-state index is 13.1. The van der Waals surface area contributed by atoms with E-state index < -0.39 is 20.0 Å². The SMILES string of the molecule is C=CCOC(=O)C1=C(c2ccc3oc(=O)n(C)c3c2)CC2[C@@H]([C@@H](C)O[Si](C)(C)C)C(=O)N12. The largest absolute Gasteiger partial charge is 0.457 e. The highest BCUT2D eigenvalue weighted by atomic mass is 28.4. The van der Waals surface area contributed by atoms with Gasteiger partial charge in [-0.1, -0.05) is 18.7 Å². The zero-order chi connectivity index (χ0) is 23.4. The second kappa shape index (κ2) is 7.90. The van der Waals surface area contributed by atoms with Crippen molar-refractivity contribution in [2.45, 2.75) is 45.1 Å². The molecule has 1 saturated heterocycles. The zero-order valence-corrected chi connectivity index (χ0v) is 20.0. The van der Waals surface area contributed by atoms with Crippen LogP contribution >= 0.6 is 0 Å². The van der Waals surface area contributed by atoms with Gasteiger partial charge in [0.1, 0.15) is 12.3 Å². The number of esters is 1. The minimum atomic E-state index is -1.84. The Balaban J connectivity index is 1.74. The van der Waals surface area contributed by atoms with Gasteiger partial charge < -0.3 is 18.5 Å². The van der Waals surface area contributed by atoms with Gasteiger partial charge in [0.05, 0.1) is 23.6 Å². The van der Waals surface area contributed by atoms with Crippen LogP contribution in [0.5, 0.6) is 0 Å². The molecule has 0 radical (unpaired) electrons. The van der Waals surface area contributed by atoms with Crippen LogP contribution in [0.15, 0.2) is 45.8 Å². The molecule has 170 valence electrons. The third-order valence-electron chi connectivity index (χ3n) is 5.92. The summed E-state index contributed by atoms with van der Waals surface area (Å²) in [4.78, 5) is 39.5. The summed E-state index contributed by atoms with van der Waals surface area (Å²) in [5.74, 6) is -1.46. The molecule has 1 aromatic carbocycles. The number of hydrogen-bond acceptors (Lipinski definition) is 6. The zero-order valence-electron chi connectivity index (χ0n) is 19.0. The van der Waals surface area contributed by atoms with Gasteiger partial charge in [-0.05, 0) is 56.3 Å². The van der Waals surface area contributed by atoms with Crippen LogP contribution in [0.3, 0.4) is 0 Å². The number of carbonyl (C=O) groups excluding carboxylic acids is 2. The average molecular weight is 457 g/mol. The van der Waals surface area contributed by atoms with E-state index in [1.165, 1.54) is 10.6 Å². The van der Waals surface area contributed by atoms with E-state index >= 15 is 0 Å². The molecule has 0 saturated carbocycles. The van der Waals surface area contributed by atoms with Crippen LogP contribution in [0.4, 0.5) is 0 Å². The molecule has 0 spiro atoms. The highest BCUT2D eigenvalue weighted by molar-refractivity contribution is 6.69. The van der Waals surface area contributed by atoms with Gasteiger partial charge in [0.25, 0.3) is 0 Å². The van der Waals surface area contributed by atoms with Gasteiger partial charge in [0.15, 0.2) is 13.9 Å². The molecule has 2 aromatic rings. The Kier molecular flexibility index (Phi) is 5.50. The van der Waals surface area contributed by atoms with Gasteiger partial charge in [-0.3, -0.25) is 9.36 Å². The van der Waals surface area contributed by atoms with Crippen LogP contribution in [-0.2, 0) is 25.8 Å².